The first-order valence-corrected chi connectivity index (χ1v) is 5.42. The van der Waals surface area contributed by atoms with Crippen molar-refractivity contribution in [3.63, 3.8) is 0 Å². The SMILES string of the molecule is C.C.CC=N.CC=NCC(C)=N.COCCC(C)=N. The van der Waals surface area contributed by atoms with Crippen LogP contribution in [0.4, 0.5) is 0 Å². The van der Waals surface area contributed by atoms with E-state index in [9.17, 15) is 0 Å². The van der Waals surface area contributed by atoms with Crippen molar-refractivity contribution in [1.82, 2.24) is 0 Å². The van der Waals surface area contributed by atoms with E-state index < -0.39 is 0 Å². The van der Waals surface area contributed by atoms with Crippen molar-refractivity contribution in [3.05, 3.63) is 0 Å². The molecule has 0 fully saturated rings. The van der Waals surface area contributed by atoms with Crippen LogP contribution in [0.25, 0.3) is 0 Å². The highest BCUT2D eigenvalue weighted by Gasteiger charge is 1.83. The molecule has 0 saturated heterocycles. The maximum Gasteiger partial charge on any atom is 0.0758 e. The van der Waals surface area contributed by atoms with Crippen LogP contribution >= 0.6 is 0 Å². The van der Waals surface area contributed by atoms with Gasteiger partial charge in [0.25, 0.3) is 0 Å². The van der Waals surface area contributed by atoms with Crippen LogP contribution in [-0.2, 0) is 4.74 Å². The first-order valence-electron chi connectivity index (χ1n) is 5.42. The Morgan fingerprint density at radius 3 is 1.63 bits per heavy atom. The van der Waals surface area contributed by atoms with Gasteiger partial charge in [0.2, 0.25) is 0 Å². The zero-order valence-corrected chi connectivity index (χ0v) is 11.6. The minimum atomic E-state index is 0. The Hall–Kier alpha value is -1.36. The largest absolute Gasteiger partial charge is 0.384 e. The van der Waals surface area contributed by atoms with Gasteiger partial charge >= 0.3 is 0 Å². The molecule has 0 unspecified atom stereocenters. The van der Waals surface area contributed by atoms with Gasteiger partial charge in [-0.1, -0.05) is 14.9 Å². The molecule has 0 aromatic heterocycles. The van der Waals surface area contributed by atoms with Gasteiger partial charge in [-0.3, -0.25) is 4.99 Å². The fourth-order valence-electron chi connectivity index (χ4n) is 0.483. The first-order chi connectivity index (χ1) is 7.95. The predicted octanol–water partition coefficient (Wildman–Crippen LogP) is 4.11. The quantitative estimate of drug-likeness (QED) is 0.647. The zero-order chi connectivity index (χ0) is 14.1. The van der Waals surface area contributed by atoms with E-state index >= 15 is 0 Å². The Balaban J connectivity index is -0.0000000525. The molecule has 0 radical (unpaired) electrons. The topological polar surface area (TPSA) is 93.1 Å². The summed E-state index contributed by atoms with van der Waals surface area (Å²) in [4.78, 5) is 3.82. The van der Waals surface area contributed by atoms with Crippen molar-refractivity contribution in [2.75, 3.05) is 20.3 Å². The number of rotatable bonds is 5. The van der Waals surface area contributed by atoms with Crippen molar-refractivity contribution >= 4 is 23.9 Å². The second kappa shape index (κ2) is 30.0. The van der Waals surface area contributed by atoms with Gasteiger partial charge in [-0.15, -0.1) is 0 Å². The Morgan fingerprint density at radius 1 is 1.11 bits per heavy atom. The highest BCUT2D eigenvalue weighted by Crippen LogP contribution is 1.80. The Labute approximate surface area is 120 Å². The first kappa shape index (κ1) is 30.6. The molecule has 0 atom stereocenters. The molecular weight excluding hydrogens is 240 g/mol. The highest BCUT2D eigenvalue weighted by atomic mass is 16.5. The van der Waals surface area contributed by atoms with Crippen molar-refractivity contribution in [3.8, 4) is 0 Å². The highest BCUT2D eigenvalue weighted by molar-refractivity contribution is 5.81. The van der Waals surface area contributed by atoms with Crippen molar-refractivity contribution < 1.29 is 4.74 Å². The lowest BCUT2D eigenvalue weighted by atomic mass is 10.3. The van der Waals surface area contributed by atoms with E-state index in [2.05, 4.69) is 4.99 Å². The van der Waals surface area contributed by atoms with Crippen molar-refractivity contribution in [2.24, 2.45) is 4.99 Å². The van der Waals surface area contributed by atoms with Crippen LogP contribution in [0.1, 0.15) is 49.0 Å². The van der Waals surface area contributed by atoms with Crippen LogP contribution in [0, 0.1) is 16.2 Å². The Bertz CT molecular complexity index is 225. The standard InChI is InChI=1S/C5H10N2.C5H11NO.C2H5N.2CH4/c1-3-7-4-5(2)6;1-5(6)3-4-7-2;1-2-3;;/h3,6H,4H2,1-2H3;6H,3-4H2,1-2H3;2-3H,1H3;2*1H4. The molecule has 0 bridgehead atoms. The molecule has 0 aliphatic rings. The number of ether oxygens (including phenoxy) is 1. The van der Waals surface area contributed by atoms with Gasteiger partial charge in [0.05, 0.1) is 13.2 Å². The van der Waals surface area contributed by atoms with Gasteiger partial charge in [-0.2, -0.15) is 0 Å². The molecule has 3 N–H and O–H groups in total. The molecule has 0 heterocycles. The molecule has 5 nitrogen and oxygen atoms in total. The third kappa shape index (κ3) is 80.9. The summed E-state index contributed by atoms with van der Waals surface area (Å²) in [5.41, 5.74) is 1.29. The minimum absolute atomic E-state index is 0. The smallest absolute Gasteiger partial charge is 0.0758 e. The van der Waals surface area contributed by atoms with Crippen molar-refractivity contribution in [1.29, 1.82) is 16.2 Å². The molecule has 0 aliphatic heterocycles. The van der Waals surface area contributed by atoms with Gasteiger partial charge in [-0.25, -0.2) is 0 Å². The van der Waals surface area contributed by atoms with Gasteiger partial charge in [0.15, 0.2) is 0 Å². The lowest BCUT2D eigenvalue weighted by molar-refractivity contribution is 0.207. The van der Waals surface area contributed by atoms with Crippen LogP contribution in [0.15, 0.2) is 4.99 Å². The van der Waals surface area contributed by atoms with Gasteiger partial charge in [0.1, 0.15) is 0 Å². The van der Waals surface area contributed by atoms with E-state index in [0.29, 0.717) is 24.6 Å². The molecule has 0 rings (SSSR count). The van der Waals surface area contributed by atoms with E-state index in [1.165, 1.54) is 6.21 Å². The van der Waals surface area contributed by atoms with E-state index in [1.807, 2.05) is 6.92 Å². The summed E-state index contributed by atoms with van der Waals surface area (Å²) in [6, 6.07) is 0. The summed E-state index contributed by atoms with van der Waals surface area (Å²) in [6.45, 7) is 8.26. The van der Waals surface area contributed by atoms with Crippen LogP contribution in [-0.4, -0.2) is 44.1 Å². The van der Waals surface area contributed by atoms with Crippen LogP contribution in [0.2, 0.25) is 0 Å². The molecule has 19 heavy (non-hydrogen) atoms. The summed E-state index contributed by atoms with van der Waals surface area (Å²) >= 11 is 0. The molecular formula is C14H34N4O. The number of hydrogen-bond acceptors (Lipinski definition) is 5. The predicted molar refractivity (Wildman–Crippen MR) is 90.2 cm³/mol. The summed E-state index contributed by atoms with van der Waals surface area (Å²) in [5, 5.41) is 19.9. The molecule has 0 saturated carbocycles. The molecule has 0 amide bonds. The summed E-state index contributed by atoms with van der Waals surface area (Å²) in [6.07, 6.45) is 3.72. The monoisotopic (exact) mass is 274 g/mol. The third-order valence-corrected chi connectivity index (χ3v) is 1.19. The summed E-state index contributed by atoms with van der Waals surface area (Å²) in [7, 11) is 1.64. The number of aliphatic imine (C=N–C) groups is 1. The van der Waals surface area contributed by atoms with Crippen LogP contribution in [0.3, 0.4) is 0 Å². The van der Waals surface area contributed by atoms with Crippen LogP contribution < -0.4 is 0 Å². The summed E-state index contributed by atoms with van der Waals surface area (Å²) < 4.78 is 4.71. The third-order valence-electron chi connectivity index (χ3n) is 1.19. The molecule has 0 spiro atoms. The number of methoxy groups -OCH3 is 1. The van der Waals surface area contributed by atoms with E-state index in [-0.39, 0.29) is 14.9 Å². The van der Waals surface area contributed by atoms with Gasteiger partial charge in [0, 0.05) is 25.0 Å². The molecule has 0 aromatic carbocycles. The normalized spacial score (nSPS) is 7.63. The lowest BCUT2D eigenvalue weighted by Gasteiger charge is -1.92. The number of hydrogen-bond donors (Lipinski definition) is 3. The maximum absolute atomic E-state index is 6.92. The van der Waals surface area contributed by atoms with E-state index in [4.69, 9.17) is 21.0 Å². The average Bonchev–Trinajstić information content (AvgIpc) is 2.25. The Kier molecular flexibility index (Phi) is 48.3. The minimum Gasteiger partial charge on any atom is -0.384 e. The second-order valence-electron chi connectivity index (χ2n) is 3.19. The molecule has 116 valence electrons. The maximum atomic E-state index is 6.92. The van der Waals surface area contributed by atoms with E-state index in [0.717, 1.165) is 6.42 Å². The average molecular weight is 274 g/mol. The molecule has 0 aliphatic carbocycles. The van der Waals surface area contributed by atoms with Crippen molar-refractivity contribution in [2.45, 2.75) is 49.0 Å². The molecule has 5 heteroatoms. The zero-order valence-electron chi connectivity index (χ0n) is 11.6. The summed E-state index contributed by atoms with van der Waals surface area (Å²) in [5.74, 6) is 0. The van der Waals surface area contributed by atoms with E-state index in [1.54, 1.807) is 34.1 Å². The molecule has 0 aromatic rings. The fraction of sp³-hybridized carbons (Fsp3) is 0.714. The number of nitrogens with one attached hydrogen (secondary N) is 3. The van der Waals surface area contributed by atoms with Gasteiger partial charge < -0.3 is 21.0 Å². The second-order valence-corrected chi connectivity index (χ2v) is 3.19. The van der Waals surface area contributed by atoms with Crippen LogP contribution in [0.5, 0.6) is 0 Å². The number of nitrogens with zero attached hydrogens (tertiary/aromatic N) is 1. The fourth-order valence-corrected chi connectivity index (χ4v) is 0.483. The Morgan fingerprint density at radius 2 is 1.53 bits per heavy atom. The lowest BCUT2D eigenvalue weighted by Crippen LogP contribution is -1.94. The van der Waals surface area contributed by atoms with Gasteiger partial charge in [-0.05, 0) is 40.1 Å².